The lowest BCUT2D eigenvalue weighted by Gasteiger charge is -2.13. The number of aryl methyl sites for hydroxylation is 3. The number of carboxylic acids is 1. The van der Waals surface area contributed by atoms with E-state index < -0.39 is 5.97 Å². The van der Waals surface area contributed by atoms with Crippen molar-refractivity contribution in [2.45, 2.75) is 39.7 Å². The number of aliphatic carboxylic acids is 1. The van der Waals surface area contributed by atoms with E-state index in [0.717, 1.165) is 11.3 Å². The van der Waals surface area contributed by atoms with Gasteiger partial charge < -0.3 is 9.84 Å². The Bertz CT molecular complexity index is 1040. The van der Waals surface area contributed by atoms with Crippen molar-refractivity contribution in [1.82, 2.24) is 9.97 Å². The van der Waals surface area contributed by atoms with Crippen molar-refractivity contribution >= 4 is 5.97 Å². The van der Waals surface area contributed by atoms with Crippen molar-refractivity contribution in [1.29, 1.82) is 0 Å². The van der Waals surface area contributed by atoms with Gasteiger partial charge in [0.05, 0.1) is 24.0 Å². The van der Waals surface area contributed by atoms with Crippen molar-refractivity contribution in [3.63, 3.8) is 0 Å². The van der Waals surface area contributed by atoms with Crippen LogP contribution in [0.15, 0.2) is 48.8 Å². The summed E-state index contributed by atoms with van der Waals surface area (Å²) in [5.41, 5.74) is 8.02. The second-order valence-corrected chi connectivity index (χ2v) is 7.83. The fourth-order valence-electron chi connectivity index (χ4n) is 4.00. The molecule has 1 N–H and O–H groups in total. The monoisotopic (exact) mass is 388 g/mol. The average molecular weight is 388 g/mol. The van der Waals surface area contributed by atoms with Crippen LogP contribution in [0.5, 0.6) is 5.88 Å². The Balaban J connectivity index is 1.45. The predicted octanol–water partition coefficient (Wildman–Crippen LogP) is 4.84. The Morgan fingerprint density at radius 3 is 2.48 bits per heavy atom. The predicted molar refractivity (Wildman–Crippen MR) is 111 cm³/mol. The van der Waals surface area contributed by atoms with Gasteiger partial charge in [0.25, 0.3) is 0 Å². The van der Waals surface area contributed by atoms with Crippen molar-refractivity contribution < 1.29 is 14.6 Å². The van der Waals surface area contributed by atoms with E-state index in [1.54, 1.807) is 12.4 Å². The zero-order valence-corrected chi connectivity index (χ0v) is 16.8. The molecule has 1 fully saturated rings. The normalized spacial score (nSPS) is 17.8. The largest absolute Gasteiger partial charge is 0.481 e. The summed E-state index contributed by atoms with van der Waals surface area (Å²) in [4.78, 5) is 19.6. The van der Waals surface area contributed by atoms with Gasteiger partial charge in [-0.25, -0.2) is 4.98 Å². The summed E-state index contributed by atoms with van der Waals surface area (Å²) in [7, 11) is 0. The van der Waals surface area contributed by atoms with E-state index in [-0.39, 0.29) is 11.8 Å². The van der Waals surface area contributed by atoms with Crippen LogP contribution in [-0.4, -0.2) is 21.0 Å². The number of carboxylic acid groups (broad SMARTS) is 1. The molecule has 0 saturated heterocycles. The molecule has 5 heteroatoms. The molecule has 1 heterocycles. The van der Waals surface area contributed by atoms with Crippen LogP contribution in [0.3, 0.4) is 0 Å². The van der Waals surface area contributed by atoms with Gasteiger partial charge in [0.2, 0.25) is 5.88 Å². The number of rotatable bonds is 6. The smallest absolute Gasteiger partial charge is 0.307 e. The van der Waals surface area contributed by atoms with Crippen molar-refractivity contribution in [2.24, 2.45) is 5.92 Å². The summed E-state index contributed by atoms with van der Waals surface area (Å²) in [6, 6.07) is 12.8. The highest BCUT2D eigenvalue weighted by Gasteiger charge is 2.45. The Kier molecular flexibility index (Phi) is 5.05. The van der Waals surface area contributed by atoms with Crippen LogP contribution in [0.25, 0.3) is 11.1 Å². The van der Waals surface area contributed by atoms with Gasteiger partial charge in [-0.05, 0) is 61.1 Å². The maximum Gasteiger partial charge on any atom is 0.307 e. The van der Waals surface area contributed by atoms with Crippen molar-refractivity contribution in [3.05, 3.63) is 76.7 Å². The molecule has 0 bridgehead atoms. The van der Waals surface area contributed by atoms with Gasteiger partial charge in [0.15, 0.2) is 0 Å². The molecule has 3 aromatic rings. The van der Waals surface area contributed by atoms with Crippen LogP contribution in [0.1, 0.15) is 40.3 Å². The average Bonchev–Trinajstić information content (AvgIpc) is 3.48. The zero-order chi connectivity index (χ0) is 20.5. The van der Waals surface area contributed by atoms with Crippen LogP contribution in [-0.2, 0) is 11.4 Å². The van der Waals surface area contributed by atoms with Gasteiger partial charge in [0.1, 0.15) is 6.61 Å². The summed E-state index contributed by atoms with van der Waals surface area (Å²) in [6.45, 7) is 6.80. The van der Waals surface area contributed by atoms with Crippen molar-refractivity contribution in [2.75, 3.05) is 0 Å². The molecule has 0 unspecified atom stereocenters. The van der Waals surface area contributed by atoms with E-state index in [2.05, 4.69) is 55.0 Å². The molecule has 0 radical (unpaired) electrons. The summed E-state index contributed by atoms with van der Waals surface area (Å²) < 4.78 is 5.80. The first-order chi connectivity index (χ1) is 13.9. The third kappa shape index (κ3) is 4.14. The van der Waals surface area contributed by atoms with Gasteiger partial charge in [-0.1, -0.05) is 35.9 Å². The van der Waals surface area contributed by atoms with E-state index in [4.69, 9.17) is 9.84 Å². The first kappa shape index (κ1) is 19.1. The van der Waals surface area contributed by atoms with E-state index in [9.17, 15) is 4.79 Å². The first-order valence-electron chi connectivity index (χ1n) is 9.77. The third-order valence-electron chi connectivity index (χ3n) is 5.42. The lowest BCUT2D eigenvalue weighted by Crippen LogP contribution is -2.02. The highest BCUT2D eigenvalue weighted by molar-refractivity contribution is 5.75. The molecule has 0 aliphatic heterocycles. The summed E-state index contributed by atoms with van der Waals surface area (Å²) >= 11 is 0. The van der Waals surface area contributed by atoms with Gasteiger partial charge in [0, 0.05) is 5.92 Å². The maximum atomic E-state index is 11.0. The Morgan fingerprint density at radius 2 is 1.86 bits per heavy atom. The fraction of sp³-hybridized carbons (Fsp3) is 0.292. The van der Waals surface area contributed by atoms with Crippen LogP contribution >= 0.6 is 0 Å². The minimum atomic E-state index is -0.768. The number of benzene rings is 2. The Morgan fingerprint density at radius 1 is 1.10 bits per heavy atom. The van der Waals surface area contributed by atoms with Gasteiger partial charge in [-0.2, -0.15) is 0 Å². The molecule has 0 spiro atoms. The van der Waals surface area contributed by atoms with Crippen molar-refractivity contribution in [3.8, 4) is 17.0 Å². The molecule has 1 saturated carbocycles. The Hall–Kier alpha value is -3.21. The molecular weight excluding hydrogens is 364 g/mol. The number of aromatic nitrogens is 2. The minimum Gasteiger partial charge on any atom is -0.481 e. The molecule has 29 heavy (non-hydrogen) atoms. The van der Waals surface area contributed by atoms with Crippen LogP contribution < -0.4 is 4.74 Å². The summed E-state index contributed by atoms with van der Waals surface area (Å²) in [5, 5.41) is 9.03. The number of carbonyl (C=O) groups is 1. The molecule has 148 valence electrons. The molecular formula is C24H24N2O3. The van der Waals surface area contributed by atoms with Gasteiger partial charge in [-0.15, -0.1) is 0 Å². The quantitative estimate of drug-likeness (QED) is 0.654. The fourth-order valence-corrected chi connectivity index (χ4v) is 4.00. The lowest BCUT2D eigenvalue weighted by atomic mass is 9.93. The Labute approximate surface area is 170 Å². The minimum absolute atomic E-state index is 0.0216. The van der Waals surface area contributed by atoms with E-state index in [1.807, 2.05) is 12.1 Å². The molecule has 5 nitrogen and oxygen atoms in total. The molecule has 0 amide bonds. The molecule has 1 aliphatic rings. The number of hydrogen-bond acceptors (Lipinski definition) is 4. The van der Waals surface area contributed by atoms with Crippen LogP contribution in [0, 0.1) is 26.7 Å². The molecule has 4 rings (SSSR count). The number of nitrogens with zero attached hydrogens (tertiary/aromatic N) is 2. The summed E-state index contributed by atoms with van der Waals surface area (Å²) in [6.07, 6.45) is 3.83. The molecule has 1 aromatic heterocycles. The lowest BCUT2D eigenvalue weighted by molar-refractivity contribution is -0.138. The van der Waals surface area contributed by atoms with E-state index in [1.165, 1.54) is 27.8 Å². The maximum absolute atomic E-state index is 11.0. The zero-order valence-electron chi connectivity index (χ0n) is 16.8. The van der Waals surface area contributed by atoms with Crippen LogP contribution in [0.4, 0.5) is 0 Å². The molecule has 2 atom stereocenters. The molecule has 1 aliphatic carbocycles. The third-order valence-corrected chi connectivity index (χ3v) is 5.42. The number of hydrogen-bond donors (Lipinski definition) is 1. The van der Waals surface area contributed by atoms with E-state index in [0.29, 0.717) is 18.9 Å². The van der Waals surface area contributed by atoms with E-state index >= 15 is 0 Å². The second kappa shape index (κ2) is 7.66. The molecule has 2 aromatic carbocycles. The van der Waals surface area contributed by atoms with Gasteiger partial charge >= 0.3 is 5.97 Å². The standard InChI is InChI=1S/C24H24N2O3/c1-14-7-15(2)23(16(3)8-14)18-6-4-5-17(9-18)13-29-22-12-25-21(11-26-22)19-10-20(19)24(27)28/h4-9,11-12,19-20H,10,13H2,1-3H3,(H,27,28)/t19-,20-/m0/s1. The van der Waals surface area contributed by atoms with Crippen LogP contribution in [0.2, 0.25) is 0 Å². The first-order valence-corrected chi connectivity index (χ1v) is 9.77. The highest BCUT2D eigenvalue weighted by atomic mass is 16.5. The highest BCUT2D eigenvalue weighted by Crippen LogP contribution is 2.46. The second-order valence-electron chi connectivity index (χ2n) is 7.83. The summed E-state index contributed by atoms with van der Waals surface area (Å²) in [5.74, 6) is -0.676. The SMILES string of the molecule is Cc1cc(C)c(-c2cccc(COc3cnc([C@H]4C[C@@H]4C(=O)O)cn3)c2)c(C)c1. The topological polar surface area (TPSA) is 72.3 Å². The van der Waals surface area contributed by atoms with Gasteiger partial charge in [-0.3, -0.25) is 9.78 Å². The number of ether oxygens (including phenoxy) is 1.